The number of amidine groups is 1. The Labute approximate surface area is 190 Å². The van der Waals surface area contributed by atoms with E-state index in [2.05, 4.69) is 4.40 Å². The summed E-state index contributed by atoms with van der Waals surface area (Å²) in [6, 6.07) is 6.62. The van der Waals surface area contributed by atoms with E-state index in [1.54, 1.807) is 47.0 Å². The van der Waals surface area contributed by atoms with Gasteiger partial charge in [0.15, 0.2) is 5.84 Å². The Morgan fingerprint density at radius 1 is 1.22 bits per heavy atom. The first kappa shape index (κ1) is 24.0. The topological polar surface area (TPSA) is 99.6 Å². The van der Waals surface area contributed by atoms with Crippen LogP contribution in [0.4, 0.5) is 4.79 Å². The summed E-state index contributed by atoms with van der Waals surface area (Å²) in [5, 5.41) is 0. The number of hydrogen-bond donors (Lipinski definition) is 0. The highest BCUT2D eigenvalue weighted by atomic mass is 32.2. The lowest BCUT2D eigenvalue weighted by molar-refractivity contribution is -0.133. The standard InChI is InChI=1S/C22H32N4O5S/c1-22(2,3)31-21(28)25(5)13-16-9-8-12-26(14-16)19(27)15-24(4)20-17-10-6-7-11-18(17)32(29,30)23-20/h6-7,10-11,16H,8-9,12-15H2,1-5H3. The molecule has 0 aliphatic carbocycles. The van der Waals surface area contributed by atoms with Crippen LogP contribution < -0.4 is 0 Å². The zero-order valence-corrected chi connectivity index (χ0v) is 20.2. The molecule has 0 aromatic heterocycles. The Balaban J connectivity index is 1.59. The summed E-state index contributed by atoms with van der Waals surface area (Å²) in [5.41, 5.74) is -0.0437. The molecule has 1 aromatic carbocycles. The zero-order valence-electron chi connectivity index (χ0n) is 19.4. The third kappa shape index (κ3) is 5.59. The lowest BCUT2D eigenvalue weighted by atomic mass is 9.97. The molecule has 2 heterocycles. The second-order valence-electron chi connectivity index (χ2n) is 9.45. The number of benzene rings is 1. The van der Waals surface area contributed by atoms with Gasteiger partial charge in [0.05, 0.1) is 6.54 Å². The van der Waals surface area contributed by atoms with Crippen LogP contribution in [0.5, 0.6) is 0 Å². The van der Waals surface area contributed by atoms with Gasteiger partial charge < -0.3 is 19.4 Å². The van der Waals surface area contributed by atoms with Crippen LogP contribution in [0.25, 0.3) is 0 Å². The summed E-state index contributed by atoms with van der Waals surface area (Å²) in [5.74, 6) is 0.342. The van der Waals surface area contributed by atoms with Gasteiger partial charge in [0.1, 0.15) is 10.5 Å². The molecular weight excluding hydrogens is 432 g/mol. The van der Waals surface area contributed by atoms with Crippen molar-refractivity contribution < 1.29 is 22.7 Å². The molecule has 2 amide bonds. The predicted molar refractivity (Wildman–Crippen MR) is 121 cm³/mol. The monoisotopic (exact) mass is 464 g/mol. The first-order chi connectivity index (χ1) is 14.9. The van der Waals surface area contributed by atoms with Crippen LogP contribution in [0.2, 0.25) is 0 Å². The van der Waals surface area contributed by atoms with Gasteiger partial charge in [-0.1, -0.05) is 12.1 Å². The number of ether oxygens (including phenoxy) is 1. The molecule has 32 heavy (non-hydrogen) atoms. The number of amides is 2. The number of rotatable bonds is 4. The lowest BCUT2D eigenvalue weighted by Gasteiger charge is -2.36. The molecule has 9 nitrogen and oxygen atoms in total. The highest BCUT2D eigenvalue weighted by Crippen LogP contribution is 2.27. The van der Waals surface area contributed by atoms with E-state index >= 15 is 0 Å². The smallest absolute Gasteiger partial charge is 0.410 e. The second kappa shape index (κ2) is 9.09. The molecule has 2 aliphatic heterocycles. The van der Waals surface area contributed by atoms with Crippen molar-refractivity contribution in [3.63, 3.8) is 0 Å². The van der Waals surface area contributed by atoms with Crippen molar-refractivity contribution in [3.05, 3.63) is 29.8 Å². The Kier molecular flexibility index (Phi) is 6.83. The van der Waals surface area contributed by atoms with Gasteiger partial charge in [0, 0.05) is 39.3 Å². The van der Waals surface area contributed by atoms with Crippen LogP contribution in [-0.2, 0) is 19.6 Å². The highest BCUT2D eigenvalue weighted by Gasteiger charge is 2.32. The lowest BCUT2D eigenvalue weighted by Crippen LogP contribution is -2.48. The van der Waals surface area contributed by atoms with Crippen molar-refractivity contribution in [1.82, 2.24) is 14.7 Å². The minimum atomic E-state index is -3.73. The van der Waals surface area contributed by atoms with Crippen molar-refractivity contribution >= 4 is 27.9 Å². The normalized spacial score (nSPS) is 19.7. The average molecular weight is 465 g/mol. The fourth-order valence-corrected chi connectivity index (χ4v) is 5.24. The van der Waals surface area contributed by atoms with E-state index in [-0.39, 0.29) is 35.2 Å². The third-order valence-corrected chi connectivity index (χ3v) is 6.78. The minimum Gasteiger partial charge on any atom is -0.444 e. The molecule has 0 bridgehead atoms. The number of likely N-dealkylation sites (tertiary alicyclic amines) is 1. The number of piperidine rings is 1. The number of nitrogens with zero attached hydrogens (tertiary/aromatic N) is 4. The van der Waals surface area contributed by atoms with Gasteiger partial charge in [-0.15, -0.1) is 4.40 Å². The molecule has 0 spiro atoms. The fourth-order valence-electron chi connectivity index (χ4n) is 3.98. The van der Waals surface area contributed by atoms with Gasteiger partial charge in [-0.25, -0.2) is 4.79 Å². The fraction of sp³-hybridized carbons (Fsp3) is 0.591. The molecule has 1 unspecified atom stereocenters. The number of sulfonamides is 1. The summed E-state index contributed by atoms with van der Waals surface area (Å²) < 4.78 is 33.9. The van der Waals surface area contributed by atoms with Gasteiger partial charge in [-0.05, 0) is 51.7 Å². The van der Waals surface area contributed by atoms with Crippen LogP contribution >= 0.6 is 0 Å². The zero-order chi connectivity index (χ0) is 23.7. The Morgan fingerprint density at radius 2 is 1.91 bits per heavy atom. The van der Waals surface area contributed by atoms with Crippen molar-refractivity contribution in [1.29, 1.82) is 0 Å². The molecule has 1 saturated heterocycles. The maximum absolute atomic E-state index is 13.0. The van der Waals surface area contributed by atoms with Crippen LogP contribution in [0, 0.1) is 5.92 Å². The Bertz CT molecular complexity index is 1020. The van der Waals surface area contributed by atoms with E-state index in [0.717, 1.165) is 12.8 Å². The Hall–Kier alpha value is -2.62. The van der Waals surface area contributed by atoms with E-state index in [9.17, 15) is 18.0 Å². The largest absolute Gasteiger partial charge is 0.444 e. The molecule has 0 saturated carbocycles. The van der Waals surface area contributed by atoms with Gasteiger partial charge in [-0.3, -0.25) is 4.79 Å². The molecule has 3 rings (SSSR count). The first-order valence-electron chi connectivity index (χ1n) is 10.7. The van der Waals surface area contributed by atoms with Crippen molar-refractivity contribution in [2.24, 2.45) is 10.3 Å². The van der Waals surface area contributed by atoms with Gasteiger partial charge in [-0.2, -0.15) is 8.42 Å². The number of carbonyl (C=O) groups is 2. The maximum atomic E-state index is 13.0. The van der Waals surface area contributed by atoms with E-state index in [1.165, 1.54) is 6.07 Å². The molecule has 2 aliphatic rings. The van der Waals surface area contributed by atoms with Crippen molar-refractivity contribution in [2.75, 3.05) is 40.3 Å². The summed E-state index contributed by atoms with van der Waals surface area (Å²) in [6.45, 7) is 7.20. The second-order valence-corrected chi connectivity index (χ2v) is 11.0. The maximum Gasteiger partial charge on any atom is 0.410 e. The van der Waals surface area contributed by atoms with Crippen LogP contribution in [-0.4, -0.2) is 86.8 Å². The van der Waals surface area contributed by atoms with E-state index in [0.29, 0.717) is 25.2 Å². The summed E-state index contributed by atoms with van der Waals surface area (Å²) in [4.78, 5) is 30.3. The molecule has 10 heteroatoms. The molecule has 0 N–H and O–H groups in total. The van der Waals surface area contributed by atoms with Gasteiger partial charge in [0.25, 0.3) is 10.0 Å². The van der Waals surface area contributed by atoms with Crippen LogP contribution in [0.1, 0.15) is 39.2 Å². The number of likely N-dealkylation sites (N-methyl/N-ethyl adjacent to an activating group) is 1. The number of carbonyl (C=O) groups excluding carboxylic acids is 2. The summed E-state index contributed by atoms with van der Waals surface area (Å²) in [7, 11) is -0.352. The predicted octanol–water partition coefficient (Wildman–Crippen LogP) is 2.17. The summed E-state index contributed by atoms with van der Waals surface area (Å²) in [6.07, 6.45) is 1.39. The molecule has 176 valence electrons. The van der Waals surface area contributed by atoms with E-state index < -0.39 is 15.6 Å². The molecule has 0 radical (unpaired) electrons. The number of fused-ring (bicyclic) bond motifs is 1. The highest BCUT2D eigenvalue weighted by molar-refractivity contribution is 7.90. The summed E-state index contributed by atoms with van der Waals surface area (Å²) >= 11 is 0. The van der Waals surface area contributed by atoms with E-state index in [4.69, 9.17) is 4.74 Å². The third-order valence-electron chi connectivity index (χ3n) is 5.46. The quantitative estimate of drug-likeness (QED) is 0.677. The average Bonchev–Trinajstić information content (AvgIpc) is 2.98. The molecular formula is C22H32N4O5S. The molecule has 1 fully saturated rings. The number of hydrogen-bond acceptors (Lipinski definition) is 6. The van der Waals surface area contributed by atoms with Gasteiger partial charge >= 0.3 is 6.09 Å². The molecule has 1 aromatic rings. The molecule has 1 atom stereocenters. The van der Waals surface area contributed by atoms with Crippen LogP contribution in [0.3, 0.4) is 0 Å². The first-order valence-corrected chi connectivity index (χ1v) is 12.2. The van der Waals surface area contributed by atoms with Crippen molar-refractivity contribution in [2.45, 2.75) is 44.1 Å². The Morgan fingerprint density at radius 3 is 2.59 bits per heavy atom. The van der Waals surface area contributed by atoms with Crippen LogP contribution in [0.15, 0.2) is 33.6 Å². The van der Waals surface area contributed by atoms with Crippen molar-refractivity contribution in [3.8, 4) is 0 Å². The van der Waals surface area contributed by atoms with E-state index in [1.807, 2.05) is 20.8 Å². The SMILES string of the molecule is CN(CC1CCCN(C(=O)CN(C)C2=NS(=O)(=O)c3ccccc32)C1)C(=O)OC(C)(C)C. The van der Waals surface area contributed by atoms with Gasteiger partial charge in [0.2, 0.25) is 5.91 Å². The minimum absolute atomic E-state index is 0.0251.